The third-order valence-electron chi connectivity index (χ3n) is 7.18. The highest BCUT2D eigenvalue weighted by Gasteiger charge is 2.87. The van der Waals surface area contributed by atoms with Crippen molar-refractivity contribution >= 4 is 11.9 Å². The van der Waals surface area contributed by atoms with Gasteiger partial charge in [0, 0.05) is 12.3 Å². The lowest BCUT2D eigenvalue weighted by atomic mass is 9.72. The standard InChI is InChI=1S/C19H28O8/c1-7(2)15(21)25-9-6-17(4,23)19-12(11-10(9)8(3)16(22)26-11)18(5,24)13(20)14(19)27-19/h7-14,20,23-24H,6H2,1-5H3/t8-,9-,10+,11-,12-,13-,14+,17+,18-,19-/m0/s1. The van der Waals surface area contributed by atoms with E-state index in [9.17, 15) is 24.9 Å². The summed E-state index contributed by atoms with van der Waals surface area (Å²) in [6.07, 6.45) is -3.53. The smallest absolute Gasteiger partial charge is 0.309 e. The topological polar surface area (TPSA) is 126 Å². The molecule has 0 unspecified atom stereocenters. The largest absolute Gasteiger partial charge is 0.462 e. The van der Waals surface area contributed by atoms with Gasteiger partial charge < -0.3 is 29.5 Å². The van der Waals surface area contributed by atoms with Crippen LogP contribution >= 0.6 is 0 Å². The second-order valence-electron chi connectivity index (χ2n) is 9.36. The van der Waals surface area contributed by atoms with E-state index in [1.807, 2.05) is 0 Å². The number of ether oxygens (including phenoxy) is 3. The Kier molecular flexibility index (Phi) is 3.85. The van der Waals surface area contributed by atoms with Crippen LogP contribution in [0.1, 0.15) is 41.0 Å². The summed E-state index contributed by atoms with van der Waals surface area (Å²) in [7, 11) is 0. The van der Waals surface area contributed by atoms with Crippen molar-refractivity contribution in [3.63, 3.8) is 0 Å². The summed E-state index contributed by atoms with van der Waals surface area (Å²) < 4.78 is 17.1. The van der Waals surface area contributed by atoms with Gasteiger partial charge >= 0.3 is 11.9 Å². The van der Waals surface area contributed by atoms with Crippen LogP contribution in [-0.2, 0) is 23.8 Å². The fourth-order valence-electron chi connectivity index (χ4n) is 5.67. The number of carbonyl (C=O) groups excluding carboxylic acids is 2. The van der Waals surface area contributed by atoms with Crippen LogP contribution in [0, 0.1) is 23.7 Å². The number of aliphatic hydroxyl groups is 3. The van der Waals surface area contributed by atoms with E-state index in [0.717, 1.165) is 0 Å². The summed E-state index contributed by atoms with van der Waals surface area (Å²) in [6, 6.07) is 0. The van der Waals surface area contributed by atoms with Gasteiger partial charge in [0.05, 0.1) is 29.0 Å². The van der Waals surface area contributed by atoms with Gasteiger partial charge in [-0.15, -0.1) is 0 Å². The van der Waals surface area contributed by atoms with Gasteiger partial charge in [0.15, 0.2) is 0 Å². The van der Waals surface area contributed by atoms with Crippen LogP contribution in [0.5, 0.6) is 0 Å². The molecular formula is C19H28O8. The highest BCUT2D eigenvalue weighted by molar-refractivity contribution is 5.76. The van der Waals surface area contributed by atoms with E-state index in [0.29, 0.717) is 0 Å². The van der Waals surface area contributed by atoms with E-state index in [-0.39, 0.29) is 12.3 Å². The summed E-state index contributed by atoms with van der Waals surface area (Å²) in [5.74, 6) is -3.18. The molecule has 152 valence electrons. The molecule has 2 heterocycles. The molecule has 4 rings (SSSR count). The Balaban J connectivity index is 1.81. The third kappa shape index (κ3) is 2.24. The molecule has 2 saturated carbocycles. The second kappa shape index (κ2) is 5.43. The van der Waals surface area contributed by atoms with Gasteiger partial charge in [-0.2, -0.15) is 0 Å². The zero-order valence-electron chi connectivity index (χ0n) is 16.2. The average Bonchev–Trinajstić information content (AvgIpc) is 3.18. The van der Waals surface area contributed by atoms with E-state index in [2.05, 4.69) is 0 Å². The first kappa shape index (κ1) is 19.1. The van der Waals surface area contributed by atoms with Crippen molar-refractivity contribution in [3.8, 4) is 0 Å². The van der Waals surface area contributed by atoms with E-state index >= 15 is 0 Å². The summed E-state index contributed by atoms with van der Waals surface area (Å²) in [6.45, 7) is 8.16. The van der Waals surface area contributed by atoms with Gasteiger partial charge in [-0.3, -0.25) is 9.59 Å². The van der Waals surface area contributed by atoms with Crippen LogP contribution in [0.15, 0.2) is 0 Å². The SMILES string of the molecule is CC(C)C(=O)O[C@H]1C[C@@](C)(O)[C@@]23O[C@@H]2[C@H](O)[C@@](C)(O)[C@@H]3[C@H]2OC(=O)[C@@H](C)[C@@H]21. The molecule has 0 amide bonds. The predicted molar refractivity (Wildman–Crippen MR) is 90.2 cm³/mol. The minimum absolute atomic E-state index is 0.0312. The van der Waals surface area contributed by atoms with Crippen LogP contribution in [0.3, 0.4) is 0 Å². The molecule has 2 aliphatic heterocycles. The summed E-state index contributed by atoms with van der Waals surface area (Å²) in [4.78, 5) is 24.6. The molecule has 2 aliphatic carbocycles. The number of epoxide rings is 1. The molecule has 27 heavy (non-hydrogen) atoms. The van der Waals surface area contributed by atoms with E-state index in [1.54, 1.807) is 27.7 Å². The average molecular weight is 384 g/mol. The van der Waals surface area contributed by atoms with Crippen LogP contribution in [0.2, 0.25) is 0 Å². The summed E-state index contributed by atoms with van der Waals surface area (Å²) in [5, 5.41) is 32.9. The molecule has 0 aromatic rings. The lowest BCUT2D eigenvalue weighted by Crippen LogP contribution is -2.56. The lowest BCUT2D eigenvalue weighted by molar-refractivity contribution is -0.178. The highest BCUT2D eigenvalue weighted by atomic mass is 16.7. The number of fused-ring (bicyclic) bond motifs is 2. The molecule has 0 aromatic heterocycles. The Bertz CT molecular complexity index is 685. The summed E-state index contributed by atoms with van der Waals surface area (Å²) >= 11 is 0. The molecule has 3 N–H and O–H groups in total. The van der Waals surface area contributed by atoms with Crippen molar-refractivity contribution in [1.29, 1.82) is 0 Å². The Labute approximate surface area is 157 Å². The van der Waals surface area contributed by atoms with Gasteiger partial charge in [-0.25, -0.2) is 0 Å². The van der Waals surface area contributed by atoms with Gasteiger partial charge in [-0.05, 0) is 13.8 Å². The van der Waals surface area contributed by atoms with Gasteiger partial charge in [0.1, 0.15) is 30.0 Å². The lowest BCUT2D eigenvalue weighted by Gasteiger charge is -2.40. The Morgan fingerprint density at radius 3 is 2.52 bits per heavy atom. The first-order chi connectivity index (χ1) is 12.4. The van der Waals surface area contributed by atoms with Crippen LogP contribution in [-0.4, -0.2) is 68.5 Å². The minimum Gasteiger partial charge on any atom is -0.462 e. The molecule has 1 spiro atoms. The van der Waals surface area contributed by atoms with Gasteiger partial charge in [-0.1, -0.05) is 20.8 Å². The maximum atomic E-state index is 12.4. The van der Waals surface area contributed by atoms with Gasteiger partial charge in [0.2, 0.25) is 0 Å². The molecule has 8 nitrogen and oxygen atoms in total. The zero-order valence-corrected chi connectivity index (χ0v) is 16.2. The second-order valence-corrected chi connectivity index (χ2v) is 9.36. The fraction of sp³-hybridized carbons (Fsp3) is 0.895. The monoisotopic (exact) mass is 384 g/mol. The number of hydrogen-bond donors (Lipinski definition) is 3. The normalized spacial score (nSPS) is 56.0. The number of hydrogen-bond acceptors (Lipinski definition) is 8. The molecule has 10 atom stereocenters. The van der Waals surface area contributed by atoms with Crippen molar-refractivity contribution in [2.45, 2.75) is 82.3 Å². The van der Waals surface area contributed by atoms with Crippen molar-refractivity contribution in [1.82, 2.24) is 0 Å². The molecule has 0 bridgehead atoms. The highest BCUT2D eigenvalue weighted by Crippen LogP contribution is 2.68. The molecule has 0 aromatic carbocycles. The van der Waals surface area contributed by atoms with Crippen LogP contribution in [0.4, 0.5) is 0 Å². The van der Waals surface area contributed by atoms with Crippen molar-refractivity contribution in [2.24, 2.45) is 23.7 Å². The van der Waals surface area contributed by atoms with E-state index < -0.39 is 70.9 Å². The zero-order chi connectivity index (χ0) is 20.1. The van der Waals surface area contributed by atoms with Crippen molar-refractivity contribution < 1.29 is 39.1 Å². The maximum absolute atomic E-state index is 12.4. The predicted octanol–water partition coefficient (Wildman–Crippen LogP) is -0.234. The Hall–Kier alpha value is -1.22. The fourth-order valence-corrected chi connectivity index (χ4v) is 5.67. The molecule has 2 saturated heterocycles. The molecular weight excluding hydrogens is 356 g/mol. The van der Waals surface area contributed by atoms with Crippen LogP contribution < -0.4 is 0 Å². The van der Waals surface area contributed by atoms with Crippen LogP contribution in [0.25, 0.3) is 0 Å². The van der Waals surface area contributed by atoms with Gasteiger partial charge in [0.25, 0.3) is 0 Å². The number of aliphatic hydroxyl groups excluding tert-OH is 1. The quantitative estimate of drug-likeness (QED) is 0.440. The Morgan fingerprint density at radius 2 is 1.93 bits per heavy atom. The van der Waals surface area contributed by atoms with E-state index in [4.69, 9.17) is 14.2 Å². The van der Waals surface area contributed by atoms with Crippen molar-refractivity contribution in [3.05, 3.63) is 0 Å². The van der Waals surface area contributed by atoms with Crippen molar-refractivity contribution in [2.75, 3.05) is 0 Å². The first-order valence-corrected chi connectivity index (χ1v) is 9.58. The number of esters is 2. The third-order valence-corrected chi connectivity index (χ3v) is 7.18. The minimum atomic E-state index is -1.61. The molecule has 4 aliphatic rings. The molecule has 4 fully saturated rings. The van der Waals surface area contributed by atoms with E-state index in [1.165, 1.54) is 6.92 Å². The number of rotatable bonds is 2. The Morgan fingerprint density at radius 1 is 1.30 bits per heavy atom. The molecule has 0 radical (unpaired) electrons. The molecule has 8 heteroatoms. The first-order valence-electron chi connectivity index (χ1n) is 9.58. The summed E-state index contributed by atoms with van der Waals surface area (Å²) in [5.41, 5.74) is -4.35. The maximum Gasteiger partial charge on any atom is 0.309 e. The number of carbonyl (C=O) groups is 2.